The van der Waals surface area contributed by atoms with Crippen LogP contribution in [-0.2, 0) is 6.61 Å². The minimum Gasteiger partial charge on any atom is -0.493 e. The molecule has 0 aliphatic carbocycles. The molecule has 1 aliphatic rings. The predicted molar refractivity (Wildman–Crippen MR) is 139 cm³/mol. The Morgan fingerprint density at radius 1 is 0.765 bits per heavy atom. The number of rotatable bonds is 7. The minimum atomic E-state index is 0.154. The van der Waals surface area contributed by atoms with Gasteiger partial charge in [-0.15, -0.1) is 0 Å². The SMILES string of the molecule is COc1cc(C(c2ccc3ccccc3c2)N2CCCNCC2)ccc1OCc1ccccc1. The van der Waals surface area contributed by atoms with Crippen LogP contribution in [0.3, 0.4) is 0 Å². The third-order valence-corrected chi connectivity index (χ3v) is 6.57. The maximum Gasteiger partial charge on any atom is 0.161 e. The number of nitrogens with zero attached hydrogens (tertiary/aromatic N) is 1. The number of hydrogen-bond donors (Lipinski definition) is 1. The molecule has 0 saturated carbocycles. The van der Waals surface area contributed by atoms with Crippen LogP contribution in [0.5, 0.6) is 11.5 Å². The van der Waals surface area contributed by atoms with Gasteiger partial charge in [0.2, 0.25) is 0 Å². The molecule has 174 valence electrons. The Labute approximate surface area is 202 Å². The van der Waals surface area contributed by atoms with Gasteiger partial charge in [0.1, 0.15) is 6.61 Å². The Morgan fingerprint density at radius 2 is 1.53 bits per heavy atom. The summed E-state index contributed by atoms with van der Waals surface area (Å²) in [5.74, 6) is 1.54. The molecule has 0 spiro atoms. The Balaban J connectivity index is 1.49. The quantitative estimate of drug-likeness (QED) is 0.384. The second kappa shape index (κ2) is 10.7. The molecular formula is C30H32N2O2. The molecule has 1 heterocycles. The van der Waals surface area contributed by atoms with Crippen LogP contribution in [0.1, 0.15) is 29.2 Å². The van der Waals surface area contributed by atoms with Gasteiger partial charge in [0.05, 0.1) is 13.2 Å². The van der Waals surface area contributed by atoms with Crippen molar-refractivity contribution in [1.82, 2.24) is 10.2 Å². The Kier molecular flexibility index (Phi) is 7.08. The number of hydrogen-bond acceptors (Lipinski definition) is 4. The van der Waals surface area contributed by atoms with Crippen molar-refractivity contribution in [3.8, 4) is 11.5 Å². The average molecular weight is 453 g/mol. The molecule has 0 aromatic heterocycles. The highest BCUT2D eigenvalue weighted by atomic mass is 16.5. The zero-order chi connectivity index (χ0) is 23.2. The van der Waals surface area contributed by atoms with Crippen molar-refractivity contribution in [1.29, 1.82) is 0 Å². The third-order valence-electron chi connectivity index (χ3n) is 6.57. The molecule has 1 aliphatic heterocycles. The lowest BCUT2D eigenvalue weighted by Gasteiger charge is -2.32. The highest BCUT2D eigenvalue weighted by Crippen LogP contribution is 2.37. The van der Waals surface area contributed by atoms with Gasteiger partial charge >= 0.3 is 0 Å². The fourth-order valence-electron chi connectivity index (χ4n) is 4.83. The van der Waals surface area contributed by atoms with Crippen molar-refractivity contribution in [2.24, 2.45) is 0 Å². The summed E-state index contributed by atoms with van der Waals surface area (Å²) in [5, 5.41) is 6.08. The minimum absolute atomic E-state index is 0.154. The van der Waals surface area contributed by atoms with Gasteiger partial charge < -0.3 is 14.8 Å². The van der Waals surface area contributed by atoms with Gasteiger partial charge in [0, 0.05) is 19.6 Å². The summed E-state index contributed by atoms with van der Waals surface area (Å²) in [7, 11) is 1.72. The van der Waals surface area contributed by atoms with Crippen LogP contribution in [0.25, 0.3) is 10.8 Å². The smallest absolute Gasteiger partial charge is 0.161 e. The molecule has 0 bridgehead atoms. The summed E-state index contributed by atoms with van der Waals surface area (Å²) in [6.45, 7) is 4.64. The molecule has 0 radical (unpaired) electrons. The summed E-state index contributed by atoms with van der Waals surface area (Å²) in [6, 6.07) is 32.2. The van der Waals surface area contributed by atoms with Crippen LogP contribution in [-0.4, -0.2) is 38.2 Å². The molecule has 34 heavy (non-hydrogen) atoms. The molecule has 4 nitrogen and oxygen atoms in total. The van der Waals surface area contributed by atoms with Crippen LogP contribution in [0, 0.1) is 0 Å². The first-order valence-electron chi connectivity index (χ1n) is 12.1. The number of fused-ring (bicyclic) bond motifs is 1. The summed E-state index contributed by atoms with van der Waals surface area (Å²) in [5.41, 5.74) is 3.67. The molecule has 0 amide bonds. The summed E-state index contributed by atoms with van der Waals surface area (Å²) >= 11 is 0. The Hall–Kier alpha value is -3.34. The van der Waals surface area contributed by atoms with Crippen molar-refractivity contribution < 1.29 is 9.47 Å². The number of ether oxygens (including phenoxy) is 2. The maximum absolute atomic E-state index is 6.13. The van der Waals surface area contributed by atoms with Gasteiger partial charge in [-0.25, -0.2) is 0 Å². The van der Waals surface area contributed by atoms with E-state index in [1.807, 2.05) is 18.2 Å². The average Bonchev–Trinajstić information content (AvgIpc) is 3.18. The fourth-order valence-corrected chi connectivity index (χ4v) is 4.83. The molecular weight excluding hydrogens is 420 g/mol. The van der Waals surface area contributed by atoms with E-state index in [4.69, 9.17) is 9.47 Å². The number of nitrogens with one attached hydrogen (secondary N) is 1. The zero-order valence-corrected chi connectivity index (χ0v) is 19.7. The molecule has 1 saturated heterocycles. The Bertz CT molecular complexity index is 1220. The summed E-state index contributed by atoms with van der Waals surface area (Å²) in [6.07, 6.45) is 1.14. The van der Waals surface area contributed by atoms with Gasteiger partial charge in [0.25, 0.3) is 0 Å². The molecule has 4 aromatic rings. The first-order chi connectivity index (χ1) is 16.8. The number of methoxy groups -OCH3 is 1. The number of benzene rings is 4. The lowest BCUT2D eigenvalue weighted by atomic mass is 9.94. The molecule has 4 aromatic carbocycles. The normalized spacial score (nSPS) is 15.6. The summed E-state index contributed by atoms with van der Waals surface area (Å²) < 4.78 is 11.9. The van der Waals surface area contributed by atoms with Crippen LogP contribution < -0.4 is 14.8 Å². The Morgan fingerprint density at radius 3 is 2.38 bits per heavy atom. The lowest BCUT2D eigenvalue weighted by Crippen LogP contribution is -2.33. The zero-order valence-electron chi connectivity index (χ0n) is 19.7. The summed E-state index contributed by atoms with van der Waals surface area (Å²) in [4.78, 5) is 2.59. The van der Waals surface area contributed by atoms with Gasteiger partial charge in [-0.3, -0.25) is 4.90 Å². The van der Waals surface area contributed by atoms with Crippen LogP contribution >= 0.6 is 0 Å². The van der Waals surface area contributed by atoms with E-state index in [-0.39, 0.29) is 6.04 Å². The lowest BCUT2D eigenvalue weighted by molar-refractivity contribution is 0.240. The standard InChI is InChI=1S/C30H32N2O2/c1-33-29-21-27(14-15-28(29)34-22-23-8-3-2-4-9-23)30(32-18-7-16-31-17-19-32)26-13-12-24-10-5-6-11-25(24)20-26/h2-6,8-15,20-21,30-31H,7,16-19,22H2,1H3. The molecule has 1 atom stereocenters. The van der Waals surface area contributed by atoms with E-state index in [2.05, 4.69) is 83.0 Å². The van der Waals surface area contributed by atoms with Gasteiger partial charge in [0.15, 0.2) is 11.5 Å². The largest absolute Gasteiger partial charge is 0.493 e. The van der Waals surface area contributed by atoms with E-state index >= 15 is 0 Å². The van der Waals surface area contributed by atoms with E-state index in [9.17, 15) is 0 Å². The molecule has 1 fully saturated rings. The van der Waals surface area contributed by atoms with Gasteiger partial charge in [-0.05, 0) is 58.6 Å². The van der Waals surface area contributed by atoms with Crippen molar-refractivity contribution in [3.63, 3.8) is 0 Å². The first kappa shape index (κ1) is 22.5. The van der Waals surface area contributed by atoms with E-state index in [0.717, 1.165) is 49.7 Å². The van der Waals surface area contributed by atoms with Crippen LogP contribution in [0.4, 0.5) is 0 Å². The predicted octanol–water partition coefficient (Wildman–Crippen LogP) is 5.81. The fraction of sp³-hybridized carbons (Fsp3) is 0.267. The first-order valence-corrected chi connectivity index (χ1v) is 12.1. The molecule has 1 unspecified atom stereocenters. The van der Waals surface area contributed by atoms with Crippen LogP contribution in [0.15, 0.2) is 91.0 Å². The monoisotopic (exact) mass is 452 g/mol. The molecule has 1 N–H and O–H groups in total. The van der Waals surface area contributed by atoms with E-state index < -0.39 is 0 Å². The molecule has 5 rings (SSSR count). The second-order valence-electron chi connectivity index (χ2n) is 8.83. The topological polar surface area (TPSA) is 33.7 Å². The van der Waals surface area contributed by atoms with Crippen molar-refractivity contribution >= 4 is 10.8 Å². The van der Waals surface area contributed by atoms with Gasteiger partial charge in [-0.2, -0.15) is 0 Å². The highest BCUT2D eigenvalue weighted by Gasteiger charge is 2.25. The van der Waals surface area contributed by atoms with Crippen molar-refractivity contribution in [2.75, 3.05) is 33.3 Å². The van der Waals surface area contributed by atoms with E-state index in [1.165, 1.54) is 21.9 Å². The second-order valence-corrected chi connectivity index (χ2v) is 8.83. The van der Waals surface area contributed by atoms with Crippen molar-refractivity contribution in [3.05, 3.63) is 108 Å². The maximum atomic E-state index is 6.13. The van der Waals surface area contributed by atoms with Crippen molar-refractivity contribution in [2.45, 2.75) is 19.1 Å². The molecule has 4 heteroatoms. The van der Waals surface area contributed by atoms with Crippen LogP contribution in [0.2, 0.25) is 0 Å². The highest BCUT2D eigenvalue weighted by molar-refractivity contribution is 5.83. The van der Waals surface area contributed by atoms with Gasteiger partial charge in [-0.1, -0.05) is 72.8 Å². The van der Waals surface area contributed by atoms with E-state index in [1.54, 1.807) is 7.11 Å². The van der Waals surface area contributed by atoms with E-state index in [0.29, 0.717) is 6.61 Å². The third kappa shape index (κ3) is 5.09.